The van der Waals surface area contributed by atoms with E-state index < -0.39 is 9.84 Å². The molecule has 0 radical (unpaired) electrons. The third kappa shape index (κ3) is 2.44. The van der Waals surface area contributed by atoms with E-state index in [-0.39, 0.29) is 28.8 Å². The predicted octanol–water partition coefficient (Wildman–Crippen LogP) is 1.87. The lowest BCUT2D eigenvalue weighted by atomic mass is 9.80. The quantitative estimate of drug-likeness (QED) is 0.901. The van der Waals surface area contributed by atoms with Crippen molar-refractivity contribution in [2.45, 2.75) is 43.7 Å². The van der Waals surface area contributed by atoms with Gasteiger partial charge in [0.15, 0.2) is 9.84 Å². The zero-order valence-electron chi connectivity index (χ0n) is 13.1. The summed E-state index contributed by atoms with van der Waals surface area (Å²) < 4.78 is 23.6. The third-order valence-electron chi connectivity index (χ3n) is 4.89. The van der Waals surface area contributed by atoms with Crippen LogP contribution in [0.1, 0.15) is 38.3 Å². The largest absolute Gasteiger partial charge is 0.324 e. The van der Waals surface area contributed by atoms with Crippen LogP contribution in [-0.4, -0.2) is 26.6 Å². The molecular formula is C16H22N2O3S. The number of sulfone groups is 1. The van der Waals surface area contributed by atoms with E-state index in [4.69, 9.17) is 5.73 Å². The predicted molar refractivity (Wildman–Crippen MR) is 85.3 cm³/mol. The Labute approximate surface area is 131 Å². The maximum Gasteiger partial charge on any atom is 0.224 e. The molecule has 0 bridgehead atoms. The summed E-state index contributed by atoms with van der Waals surface area (Å²) >= 11 is 0. The van der Waals surface area contributed by atoms with Gasteiger partial charge < -0.3 is 10.6 Å². The zero-order chi connectivity index (χ0) is 16.2. The van der Waals surface area contributed by atoms with E-state index in [1.165, 1.54) is 6.26 Å². The summed E-state index contributed by atoms with van der Waals surface area (Å²) in [4.78, 5) is 14.3. The minimum atomic E-state index is -3.29. The Morgan fingerprint density at radius 2 is 1.95 bits per heavy atom. The highest BCUT2D eigenvalue weighted by molar-refractivity contribution is 7.90. The van der Waals surface area contributed by atoms with Crippen LogP contribution < -0.4 is 10.6 Å². The molecule has 1 aromatic rings. The van der Waals surface area contributed by atoms with Gasteiger partial charge in [0.25, 0.3) is 0 Å². The molecule has 1 aliphatic heterocycles. The smallest absolute Gasteiger partial charge is 0.224 e. The maximum atomic E-state index is 12.2. The Hall–Kier alpha value is -1.40. The lowest BCUT2D eigenvalue weighted by Crippen LogP contribution is -2.51. The first-order chi connectivity index (χ1) is 10.2. The normalized spacial score (nSPS) is 28.4. The molecule has 120 valence electrons. The van der Waals surface area contributed by atoms with E-state index >= 15 is 0 Å². The molecule has 2 aliphatic rings. The Morgan fingerprint density at radius 3 is 2.45 bits per heavy atom. The summed E-state index contributed by atoms with van der Waals surface area (Å²) in [7, 11) is -3.29. The molecule has 3 rings (SSSR count). The van der Waals surface area contributed by atoms with Gasteiger partial charge >= 0.3 is 0 Å². The molecule has 1 aliphatic carbocycles. The average Bonchev–Trinajstić information content (AvgIpc) is 3.25. The first-order valence-electron chi connectivity index (χ1n) is 7.61. The molecule has 1 heterocycles. The number of nitrogens with two attached hydrogens (primary N) is 1. The first-order valence-corrected chi connectivity index (χ1v) is 9.50. The van der Waals surface area contributed by atoms with Gasteiger partial charge in [0.2, 0.25) is 5.91 Å². The fourth-order valence-electron chi connectivity index (χ4n) is 3.60. The lowest BCUT2D eigenvalue weighted by molar-refractivity contribution is -0.117. The minimum Gasteiger partial charge on any atom is -0.324 e. The number of amides is 1. The van der Waals surface area contributed by atoms with Gasteiger partial charge in [-0.3, -0.25) is 4.79 Å². The van der Waals surface area contributed by atoms with Gasteiger partial charge in [-0.2, -0.15) is 0 Å². The summed E-state index contributed by atoms with van der Waals surface area (Å²) in [5, 5.41) is 0. The average molecular weight is 322 g/mol. The molecule has 2 N–H and O–H groups in total. The second-order valence-corrected chi connectivity index (χ2v) is 8.61. The van der Waals surface area contributed by atoms with Crippen LogP contribution in [0, 0.1) is 11.8 Å². The molecule has 0 saturated heterocycles. The first kappa shape index (κ1) is 15.5. The van der Waals surface area contributed by atoms with Crippen molar-refractivity contribution in [3.8, 4) is 0 Å². The number of carbonyl (C=O) groups is 1. The van der Waals surface area contributed by atoms with Crippen molar-refractivity contribution < 1.29 is 13.2 Å². The van der Waals surface area contributed by atoms with E-state index in [1.54, 1.807) is 25.1 Å². The Kier molecular flexibility index (Phi) is 3.57. The molecule has 1 saturated carbocycles. The van der Waals surface area contributed by atoms with Gasteiger partial charge in [-0.15, -0.1) is 0 Å². The van der Waals surface area contributed by atoms with Crippen molar-refractivity contribution in [2.24, 2.45) is 17.6 Å². The Balaban J connectivity index is 2.16. The number of benzene rings is 1. The molecule has 5 nitrogen and oxygen atoms in total. The van der Waals surface area contributed by atoms with Crippen LogP contribution in [0.5, 0.6) is 0 Å². The number of fused-ring (bicyclic) bond motifs is 1. The standard InChI is InChI=1S/C16H22N2O3S/c1-9-15(17)13-8-12(22(3,20)21)6-7-14(13)18(10(2)19)16(9)11-4-5-11/h6-9,11,15-16H,4-5,17H2,1-3H3/t9-,15-,16-/m1/s1. The molecule has 1 aromatic carbocycles. The summed E-state index contributed by atoms with van der Waals surface area (Å²) in [6, 6.07) is 4.79. The van der Waals surface area contributed by atoms with Crippen LogP contribution in [0.4, 0.5) is 5.69 Å². The highest BCUT2D eigenvalue weighted by Gasteiger charge is 2.46. The monoisotopic (exact) mass is 322 g/mol. The summed E-state index contributed by atoms with van der Waals surface area (Å²) in [5.41, 5.74) is 7.91. The fourth-order valence-corrected chi connectivity index (χ4v) is 4.25. The van der Waals surface area contributed by atoms with Gasteiger partial charge in [-0.25, -0.2) is 8.42 Å². The topological polar surface area (TPSA) is 80.5 Å². The number of nitrogens with zero attached hydrogens (tertiary/aromatic N) is 1. The minimum absolute atomic E-state index is 0.0102. The van der Waals surface area contributed by atoms with Crippen molar-refractivity contribution in [1.82, 2.24) is 0 Å². The molecule has 6 heteroatoms. The number of hydrogen-bond acceptors (Lipinski definition) is 4. The molecule has 1 fully saturated rings. The highest BCUT2D eigenvalue weighted by Crippen LogP contribution is 2.48. The van der Waals surface area contributed by atoms with Gasteiger partial charge in [-0.1, -0.05) is 6.92 Å². The van der Waals surface area contributed by atoms with Crippen molar-refractivity contribution in [2.75, 3.05) is 11.2 Å². The van der Waals surface area contributed by atoms with Gasteiger partial charge in [-0.05, 0) is 48.4 Å². The van der Waals surface area contributed by atoms with E-state index in [0.29, 0.717) is 5.92 Å². The second-order valence-electron chi connectivity index (χ2n) is 6.59. The maximum absolute atomic E-state index is 12.2. The number of rotatable bonds is 2. The number of anilines is 1. The van der Waals surface area contributed by atoms with Crippen LogP contribution in [0.2, 0.25) is 0 Å². The summed E-state index contributed by atoms with van der Waals surface area (Å²) in [5.74, 6) is 0.607. The van der Waals surface area contributed by atoms with Crippen LogP contribution in [0.25, 0.3) is 0 Å². The highest BCUT2D eigenvalue weighted by atomic mass is 32.2. The van der Waals surface area contributed by atoms with Gasteiger partial charge in [0.05, 0.1) is 4.90 Å². The molecule has 0 unspecified atom stereocenters. The fraction of sp³-hybridized carbons (Fsp3) is 0.562. The van der Waals surface area contributed by atoms with Gasteiger partial charge in [0.1, 0.15) is 0 Å². The SMILES string of the molecule is CC(=O)N1c2ccc(S(C)(=O)=O)cc2[C@H](N)[C@@H](C)[C@@H]1C1CC1. The van der Waals surface area contributed by atoms with Crippen LogP contribution in [0.3, 0.4) is 0 Å². The molecule has 22 heavy (non-hydrogen) atoms. The van der Waals surface area contributed by atoms with Gasteiger partial charge in [0, 0.05) is 31.0 Å². The zero-order valence-corrected chi connectivity index (χ0v) is 13.9. The van der Waals surface area contributed by atoms with Crippen LogP contribution in [-0.2, 0) is 14.6 Å². The van der Waals surface area contributed by atoms with E-state index in [1.807, 2.05) is 4.90 Å². The molecule has 1 amide bonds. The lowest BCUT2D eigenvalue weighted by Gasteiger charge is -2.44. The summed E-state index contributed by atoms with van der Waals surface area (Å²) in [6.07, 6.45) is 3.44. The molecule has 3 atom stereocenters. The van der Waals surface area contributed by atoms with Crippen LogP contribution >= 0.6 is 0 Å². The van der Waals surface area contributed by atoms with E-state index in [2.05, 4.69) is 6.92 Å². The second kappa shape index (κ2) is 5.06. The Morgan fingerprint density at radius 1 is 1.32 bits per heavy atom. The molecule has 0 spiro atoms. The number of hydrogen-bond donors (Lipinski definition) is 1. The van der Waals surface area contributed by atoms with Crippen molar-refractivity contribution in [3.63, 3.8) is 0 Å². The van der Waals surface area contributed by atoms with Crippen molar-refractivity contribution in [3.05, 3.63) is 23.8 Å². The van der Waals surface area contributed by atoms with Crippen molar-refractivity contribution >= 4 is 21.4 Å². The Bertz CT molecular complexity index is 725. The van der Waals surface area contributed by atoms with Crippen molar-refractivity contribution in [1.29, 1.82) is 0 Å². The summed E-state index contributed by atoms with van der Waals surface area (Å²) in [6.45, 7) is 3.62. The third-order valence-corrected chi connectivity index (χ3v) is 6.00. The van der Waals surface area contributed by atoms with E-state index in [0.717, 1.165) is 24.1 Å². The molecular weight excluding hydrogens is 300 g/mol. The van der Waals surface area contributed by atoms with E-state index in [9.17, 15) is 13.2 Å². The number of carbonyl (C=O) groups excluding carboxylic acids is 1. The molecule has 0 aromatic heterocycles. The van der Waals surface area contributed by atoms with Crippen LogP contribution in [0.15, 0.2) is 23.1 Å².